The minimum absolute atomic E-state index is 0.0119. The number of amides is 2. The summed E-state index contributed by atoms with van der Waals surface area (Å²) in [5.74, 6) is -1.29. The van der Waals surface area contributed by atoms with E-state index in [9.17, 15) is 18.8 Å². The lowest BCUT2D eigenvalue weighted by atomic mass is 9.92. The second kappa shape index (κ2) is 9.96. The van der Waals surface area contributed by atoms with Gasteiger partial charge in [-0.2, -0.15) is 0 Å². The number of carbonyl (C=O) groups excluding carboxylic acids is 2. The smallest absolute Gasteiger partial charge is 0.257 e. The van der Waals surface area contributed by atoms with Crippen molar-refractivity contribution >= 4 is 35.1 Å². The van der Waals surface area contributed by atoms with Crippen LogP contribution in [0.3, 0.4) is 0 Å². The summed E-state index contributed by atoms with van der Waals surface area (Å²) in [7, 11) is 2.95. The second-order valence-electron chi connectivity index (χ2n) is 7.37. The van der Waals surface area contributed by atoms with Crippen molar-refractivity contribution in [2.75, 3.05) is 24.9 Å². The van der Waals surface area contributed by atoms with Gasteiger partial charge in [0.15, 0.2) is 5.16 Å². The molecule has 3 N–H and O–H groups in total. The Morgan fingerprint density at radius 1 is 1.21 bits per heavy atom. The van der Waals surface area contributed by atoms with Crippen molar-refractivity contribution in [3.63, 3.8) is 0 Å². The molecule has 9 nitrogen and oxygen atoms in total. The molecule has 0 saturated carbocycles. The number of fused-ring (bicyclic) bond motifs is 1. The summed E-state index contributed by atoms with van der Waals surface area (Å²) in [6.45, 7) is 0. The number of carbonyl (C=O) groups is 2. The maximum Gasteiger partial charge on any atom is 0.257 e. The van der Waals surface area contributed by atoms with Crippen LogP contribution in [0, 0.1) is 5.82 Å². The third-order valence-corrected chi connectivity index (χ3v) is 6.16. The average molecular weight is 485 g/mol. The predicted molar refractivity (Wildman–Crippen MR) is 125 cm³/mol. The molecule has 11 heteroatoms. The van der Waals surface area contributed by atoms with Gasteiger partial charge in [-0.1, -0.05) is 30.0 Å². The summed E-state index contributed by atoms with van der Waals surface area (Å²) < 4.78 is 24.3. The molecular formula is C23H21FN4O5S. The molecule has 176 valence electrons. The molecule has 0 radical (unpaired) electrons. The van der Waals surface area contributed by atoms with Gasteiger partial charge in [-0.05, 0) is 23.8 Å². The predicted octanol–water partition coefficient (Wildman–Crippen LogP) is 3.28. The highest BCUT2D eigenvalue weighted by atomic mass is 32.2. The highest BCUT2D eigenvalue weighted by molar-refractivity contribution is 7.98. The van der Waals surface area contributed by atoms with Gasteiger partial charge in [0, 0.05) is 18.2 Å². The third kappa shape index (κ3) is 4.88. The molecule has 0 fully saturated rings. The summed E-state index contributed by atoms with van der Waals surface area (Å²) in [5, 5.41) is 5.47. The number of aromatic nitrogens is 2. The van der Waals surface area contributed by atoms with Crippen LogP contribution in [0.2, 0.25) is 0 Å². The zero-order chi connectivity index (χ0) is 24.2. The van der Waals surface area contributed by atoms with Gasteiger partial charge < -0.3 is 25.1 Å². The summed E-state index contributed by atoms with van der Waals surface area (Å²) in [4.78, 5) is 45.2. The number of H-pyrrole nitrogens is 1. The lowest BCUT2D eigenvalue weighted by Gasteiger charge is -2.24. The van der Waals surface area contributed by atoms with Crippen molar-refractivity contribution in [2.24, 2.45) is 0 Å². The topological polar surface area (TPSA) is 122 Å². The Bertz CT molecular complexity index is 1310. The number of thioether (sulfide) groups is 1. The van der Waals surface area contributed by atoms with Crippen LogP contribution in [0.25, 0.3) is 0 Å². The number of hydrogen-bond acceptors (Lipinski definition) is 7. The van der Waals surface area contributed by atoms with Gasteiger partial charge in [-0.25, -0.2) is 9.37 Å². The zero-order valence-electron chi connectivity index (χ0n) is 18.3. The van der Waals surface area contributed by atoms with E-state index in [2.05, 4.69) is 20.6 Å². The Morgan fingerprint density at radius 2 is 2.00 bits per heavy atom. The normalized spacial score (nSPS) is 14.7. The van der Waals surface area contributed by atoms with Crippen LogP contribution >= 0.6 is 11.8 Å². The van der Waals surface area contributed by atoms with Gasteiger partial charge in [-0.15, -0.1) is 0 Å². The number of nitrogens with one attached hydrogen (secondary N) is 3. The molecular weight excluding hydrogens is 463 g/mol. The third-order valence-electron chi connectivity index (χ3n) is 5.23. The molecule has 1 aliphatic heterocycles. The van der Waals surface area contributed by atoms with Crippen LogP contribution in [0.15, 0.2) is 52.4 Å². The second-order valence-corrected chi connectivity index (χ2v) is 8.34. The van der Waals surface area contributed by atoms with Crippen molar-refractivity contribution in [1.29, 1.82) is 0 Å². The standard InChI is InChI=1S/C23H21FN4O5S/c1-32-13-7-8-16(17(9-13)33-2)25-21(30)14-10-18(29)26-20-19(14)22(31)28-23(27-20)34-11-12-5-3-4-6-15(12)24/h3-9,14H,10-11H2,1-2H3,(H,25,30)(H2,26,27,28,29,31). The fourth-order valence-corrected chi connectivity index (χ4v) is 4.37. The molecule has 2 heterocycles. The number of nitrogens with zero attached hydrogens (tertiary/aromatic N) is 1. The fraction of sp³-hybridized carbons (Fsp3) is 0.217. The molecule has 34 heavy (non-hydrogen) atoms. The quantitative estimate of drug-likeness (QED) is 0.347. The Balaban J connectivity index is 1.59. The highest BCUT2D eigenvalue weighted by Crippen LogP contribution is 2.34. The van der Waals surface area contributed by atoms with E-state index in [1.54, 1.807) is 36.4 Å². The number of halogens is 1. The minimum atomic E-state index is -1.06. The van der Waals surface area contributed by atoms with Crippen LogP contribution in [0.4, 0.5) is 15.9 Å². The van der Waals surface area contributed by atoms with E-state index >= 15 is 0 Å². The van der Waals surface area contributed by atoms with Gasteiger partial charge in [0.2, 0.25) is 11.8 Å². The Morgan fingerprint density at radius 3 is 2.74 bits per heavy atom. The number of ether oxygens (including phenoxy) is 2. The number of anilines is 2. The summed E-state index contributed by atoms with van der Waals surface area (Å²) in [5.41, 5.74) is 0.313. The minimum Gasteiger partial charge on any atom is -0.497 e. The maximum absolute atomic E-state index is 13.9. The Kier molecular flexibility index (Phi) is 6.82. The molecule has 3 aromatic rings. The Hall–Kier alpha value is -3.86. The van der Waals surface area contributed by atoms with Crippen LogP contribution in [0.1, 0.15) is 23.5 Å². The molecule has 1 aliphatic rings. The van der Waals surface area contributed by atoms with Gasteiger partial charge in [0.1, 0.15) is 23.1 Å². The summed E-state index contributed by atoms with van der Waals surface area (Å²) >= 11 is 1.11. The van der Waals surface area contributed by atoms with E-state index in [0.29, 0.717) is 22.7 Å². The molecule has 1 unspecified atom stereocenters. The zero-order valence-corrected chi connectivity index (χ0v) is 19.1. The van der Waals surface area contributed by atoms with Crippen molar-refractivity contribution in [1.82, 2.24) is 9.97 Å². The SMILES string of the molecule is COc1ccc(NC(=O)C2CC(=O)Nc3nc(SCc4ccccc4F)[nH]c(=O)c32)c(OC)c1. The molecule has 2 aromatic carbocycles. The molecule has 0 saturated heterocycles. The number of aromatic amines is 1. The first-order valence-electron chi connectivity index (χ1n) is 10.2. The monoisotopic (exact) mass is 484 g/mol. The van der Waals surface area contributed by atoms with E-state index in [0.717, 1.165) is 11.8 Å². The number of rotatable bonds is 7. The van der Waals surface area contributed by atoms with Crippen LogP contribution in [0.5, 0.6) is 11.5 Å². The molecule has 1 atom stereocenters. The van der Waals surface area contributed by atoms with E-state index in [-0.39, 0.29) is 34.5 Å². The Labute approximate surface area is 198 Å². The first kappa shape index (κ1) is 23.3. The highest BCUT2D eigenvalue weighted by Gasteiger charge is 2.35. The first-order valence-corrected chi connectivity index (χ1v) is 11.2. The lowest BCUT2D eigenvalue weighted by Crippen LogP contribution is -2.36. The fourth-order valence-electron chi connectivity index (χ4n) is 3.53. The van der Waals surface area contributed by atoms with Crippen molar-refractivity contribution in [3.05, 3.63) is 69.8 Å². The summed E-state index contributed by atoms with van der Waals surface area (Å²) in [6, 6.07) is 11.1. The number of benzene rings is 2. The first-order chi connectivity index (χ1) is 16.4. The van der Waals surface area contributed by atoms with Crippen LogP contribution in [-0.2, 0) is 15.3 Å². The molecule has 2 amide bonds. The van der Waals surface area contributed by atoms with Crippen LogP contribution in [-0.4, -0.2) is 36.0 Å². The van der Waals surface area contributed by atoms with Crippen molar-refractivity contribution < 1.29 is 23.5 Å². The van der Waals surface area contributed by atoms with Crippen LogP contribution < -0.4 is 25.7 Å². The van der Waals surface area contributed by atoms with Gasteiger partial charge >= 0.3 is 0 Å². The van der Waals surface area contributed by atoms with E-state index in [4.69, 9.17) is 9.47 Å². The maximum atomic E-state index is 13.9. The largest absolute Gasteiger partial charge is 0.497 e. The van der Waals surface area contributed by atoms with Crippen molar-refractivity contribution in [3.8, 4) is 11.5 Å². The average Bonchev–Trinajstić information content (AvgIpc) is 2.83. The molecule has 0 aliphatic carbocycles. The lowest BCUT2D eigenvalue weighted by molar-refractivity contribution is -0.123. The van der Waals surface area contributed by atoms with E-state index in [1.807, 2.05) is 0 Å². The molecule has 1 aromatic heterocycles. The molecule has 4 rings (SSSR count). The van der Waals surface area contributed by atoms with E-state index < -0.39 is 23.3 Å². The molecule has 0 bridgehead atoms. The number of hydrogen-bond donors (Lipinski definition) is 3. The van der Waals surface area contributed by atoms with Crippen molar-refractivity contribution in [2.45, 2.75) is 23.2 Å². The molecule has 0 spiro atoms. The van der Waals surface area contributed by atoms with E-state index in [1.165, 1.54) is 20.3 Å². The summed E-state index contributed by atoms with van der Waals surface area (Å²) in [6.07, 6.45) is -0.218. The van der Waals surface area contributed by atoms with Gasteiger partial charge in [0.25, 0.3) is 5.56 Å². The van der Waals surface area contributed by atoms with Gasteiger partial charge in [-0.3, -0.25) is 14.4 Å². The number of methoxy groups -OCH3 is 2. The van der Waals surface area contributed by atoms with Gasteiger partial charge in [0.05, 0.1) is 31.4 Å².